The van der Waals surface area contributed by atoms with Crippen LogP contribution in [0.1, 0.15) is 33.6 Å². The summed E-state index contributed by atoms with van der Waals surface area (Å²) in [5, 5.41) is 0. The molecule has 0 radical (unpaired) electrons. The molecule has 0 N–H and O–H groups in total. The van der Waals surface area contributed by atoms with Gasteiger partial charge in [0.25, 0.3) is 0 Å². The summed E-state index contributed by atoms with van der Waals surface area (Å²) in [6.07, 6.45) is 1.65. The Hall–Kier alpha value is -0.530. The van der Waals surface area contributed by atoms with Crippen LogP contribution in [0.15, 0.2) is 0 Å². The van der Waals surface area contributed by atoms with E-state index in [-0.39, 0.29) is 11.4 Å². The first kappa shape index (κ1) is 8.57. The summed E-state index contributed by atoms with van der Waals surface area (Å²) in [5.41, 5.74) is 0.136. The topological polar surface area (TPSA) is 26.3 Å². The third-order valence-corrected chi connectivity index (χ3v) is 2.95. The second kappa shape index (κ2) is 2.84. The Morgan fingerprint density at radius 3 is 2.45 bits per heavy atom. The summed E-state index contributed by atoms with van der Waals surface area (Å²) in [6, 6.07) is 0. The van der Waals surface area contributed by atoms with Crippen LogP contribution in [0.3, 0.4) is 0 Å². The summed E-state index contributed by atoms with van der Waals surface area (Å²) in [4.78, 5) is 10.9. The number of cyclic esters (lactones) is 1. The molecule has 1 fully saturated rings. The molecule has 1 rings (SSSR count). The minimum absolute atomic E-state index is 0.0273. The summed E-state index contributed by atoms with van der Waals surface area (Å²) >= 11 is 0. The molecule has 0 saturated carbocycles. The Morgan fingerprint density at radius 2 is 2.27 bits per heavy atom. The predicted octanol–water partition coefficient (Wildman–Crippen LogP) is 1.99. The zero-order chi connectivity index (χ0) is 8.48. The van der Waals surface area contributed by atoms with Crippen molar-refractivity contribution >= 4 is 5.97 Å². The number of esters is 1. The molecule has 0 aromatic rings. The van der Waals surface area contributed by atoms with E-state index in [2.05, 4.69) is 20.8 Å². The minimum atomic E-state index is -0.0273. The van der Waals surface area contributed by atoms with Crippen LogP contribution in [0.25, 0.3) is 0 Å². The van der Waals surface area contributed by atoms with Crippen LogP contribution in [0.2, 0.25) is 0 Å². The Labute approximate surface area is 67.9 Å². The van der Waals surface area contributed by atoms with Crippen molar-refractivity contribution in [3.8, 4) is 0 Å². The van der Waals surface area contributed by atoms with Crippen molar-refractivity contribution in [1.29, 1.82) is 0 Å². The minimum Gasteiger partial charge on any atom is -0.465 e. The van der Waals surface area contributed by atoms with E-state index in [9.17, 15) is 4.79 Å². The average molecular weight is 156 g/mol. The highest BCUT2D eigenvalue weighted by Crippen LogP contribution is 2.39. The summed E-state index contributed by atoms with van der Waals surface area (Å²) in [5.74, 6) is 0.513. The van der Waals surface area contributed by atoms with Crippen LogP contribution in [0.4, 0.5) is 0 Å². The number of hydrogen-bond donors (Lipinski definition) is 0. The lowest BCUT2D eigenvalue weighted by Gasteiger charge is -2.28. The van der Waals surface area contributed by atoms with E-state index in [1.165, 1.54) is 0 Å². The summed E-state index contributed by atoms with van der Waals surface area (Å²) in [7, 11) is 0. The van der Waals surface area contributed by atoms with Gasteiger partial charge in [0.15, 0.2) is 0 Å². The van der Waals surface area contributed by atoms with Crippen LogP contribution in [-0.2, 0) is 9.53 Å². The second-order valence-corrected chi connectivity index (χ2v) is 3.71. The predicted molar refractivity (Wildman–Crippen MR) is 43.1 cm³/mol. The molecule has 0 amide bonds. The molecule has 0 aromatic carbocycles. The molecule has 0 spiro atoms. The standard InChI is InChI=1S/C9H16O2/c1-4-9(7(2)3)5-8(10)11-6-9/h7H,4-6H2,1-3H3. The maximum absolute atomic E-state index is 10.9. The van der Waals surface area contributed by atoms with E-state index >= 15 is 0 Å². The van der Waals surface area contributed by atoms with Gasteiger partial charge in [-0.1, -0.05) is 20.8 Å². The zero-order valence-corrected chi connectivity index (χ0v) is 7.52. The van der Waals surface area contributed by atoms with Crippen molar-refractivity contribution < 1.29 is 9.53 Å². The van der Waals surface area contributed by atoms with E-state index in [0.717, 1.165) is 6.42 Å². The van der Waals surface area contributed by atoms with Gasteiger partial charge >= 0.3 is 5.97 Å². The first-order valence-corrected chi connectivity index (χ1v) is 4.26. The molecule has 2 nitrogen and oxygen atoms in total. The average Bonchev–Trinajstić information content (AvgIpc) is 2.33. The molecule has 0 aromatic heterocycles. The number of rotatable bonds is 2. The van der Waals surface area contributed by atoms with Gasteiger partial charge in [-0.05, 0) is 12.3 Å². The molecule has 64 valence electrons. The molecule has 0 aliphatic carbocycles. The molecule has 1 saturated heterocycles. The van der Waals surface area contributed by atoms with Gasteiger partial charge in [-0.25, -0.2) is 0 Å². The van der Waals surface area contributed by atoms with Crippen molar-refractivity contribution in [2.24, 2.45) is 11.3 Å². The molecule has 1 unspecified atom stereocenters. The first-order chi connectivity index (χ1) is 5.10. The first-order valence-electron chi connectivity index (χ1n) is 4.26. The van der Waals surface area contributed by atoms with Gasteiger partial charge in [-0.3, -0.25) is 4.79 Å². The zero-order valence-electron chi connectivity index (χ0n) is 7.52. The lowest BCUT2D eigenvalue weighted by molar-refractivity contribution is -0.137. The number of carbonyl (C=O) groups excluding carboxylic acids is 1. The van der Waals surface area contributed by atoms with Crippen LogP contribution >= 0.6 is 0 Å². The smallest absolute Gasteiger partial charge is 0.306 e. The summed E-state index contributed by atoms with van der Waals surface area (Å²) < 4.78 is 4.98. The second-order valence-electron chi connectivity index (χ2n) is 3.71. The van der Waals surface area contributed by atoms with E-state index in [4.69, 9.17) is 4.74 Å². The van der Waals surface area contributed by atoms with Gasteiger partial charge in [0.1, 0.15) is 0 Å². The van der Waals surface area contributed by atoms with E-state index in [1.54, 1.807) is 0 Å². The highest BCUT2D eigenvalue weighted by atomic mass is 16.5. The fourth-order valence-electron chi connectivity index (χ4n) is 1.62. The fourth-order valence-corrected chi connectivity index (χ4v) is 1.62. The maximum Gasteiger partial charge on any atom is 0.306 e. The van der Waals surface area contributed by atoms with Crippen LogP contribution in [-0.4, -0.2) is 12.6 Å². The molecule has 2 heteroatoms. The Bertz CT molecular complexity index is 163. The lowest BCUT2D eigenvalue weighted by Crippen LogP contribution is -2.26. The molecule has 1 aliphatic heterocycles. The Morgan fingerprint density at radius 1 is 1.64 bits per heavy atom. The van der Waals surface area contributed by atoms with Crippen LogP contribution < -0.4 is 0 Å². The van der Waals surface area contributed by atoms with Gasteiger partial charge in [0.05, 0.1) is 13.0 Å². The van der Waals surface area contributed by atoms with Crippen molar-refractivity contribution in [2.75, 3.05) is 6.61 Å². The number of carbonyl (C=O) groups is 1. The third kappa shape index (κ3) is 1.39. The summed E-state index contributed by atoms with van der Waals surface area (Å²) in [6.45, 7) is 7.07. The largest absolute Gasteiger partial charge is 0.465 e. The highest BCUT2D eigenvalue weighted by Gasteiger charge is 2.41. The SMILES string of the molecule is CCC1(C(C)C)COC(=O)C1. The fraction of sp³-hybridized carbons (Fsp3) is 0.889. The molecule has 0 bridgehead atoms. The molecule has 1 aliphatic rings. The van der Waals surface area contributed by atoms with Crippen molar-refractivity contribution in [1.82, 2.24) is 0 Å². The van der Waals surface area contributed by atoms with Crippen molar-refractivity contribution in [3.05, 3.63) is 0 Å². The van der Waals surface area contributed by atoms with E-state index in [0.29, 0.717) is 18.9 Å². The van der Waals surface area contributed by atoms with E-state index < -0.39 is 0 Å². The van der Waals surface area contributed by atoms with E-state index in [1.807, 2.05) is 0 Å². The van der Waals surface area contributed by atoms with Gasteiger partial charge in [-0.15, -0.1) is 0 Å². The highest BCUT2D eigenvalue weighted by molar-refractivity contribution is 5.72. The van der Waals surface area contributed by atoms with Crippen molar-refractivity contribution in [3.63, 3.8) is 0 Å². The molecule has 1 heterocycles. The Balaban J connectivity index is 2.70. The number of hydrogen-bond acceptors (Lipinski definition) is 2. The lowest BCUT2D eigenvalue weighted by atomic mass is 9.74. The Kier molecular flexibility index (Phi) is 2.21. The molecular formula is C9H16O2. The van der Waals surface area contributed by atoms with Gasteiger partial charge in [0, 0.05) is 5.41 Å². The van der Waals surface area contributed by atoms with Gasteiger partial charge in [0.2, 0.25) is 0 Å². The molecule has 11 heavy (non-hydrogen) atoms. The quantitative estimate of drug-likeness (QED) is 0.571. The van der Waals surface area contributed by atoms with Crippen LogP contribution in [0.5, 0.6) is 0 Å². The third-order valence-electron chi connectivity index (χ3n) is 2.95. The number of ether oxygens (including phenoxy) is 1. The van der Waals surface area contributed by atoms with Crippen LogP contribution in [0, 0.1) is 11.3 Å². The normalized spacial score (nSPS) is 31.1. The monoisotopic (exact) mass is 156 g/mol. The van der Waals surface area contributed by atoms with Gasteiger partial charge in [-0.2, -0.15) is 0 Å². The molecule has 1 atom stereocenters. The van der Waals surface area contributed by atoms with Gasteiger partial charge < -0.3 is 4.74 Å². The molecular weight excluding hydrogens is 140 g/mol. The maximum atomic E-state index is 10.9. The van der Waals surface area contributed by atoms with Crippen molar-refractivity contribution in [2.45, 2.75) is 33.6 Å².